The van der Waals surface area contributed by atoms with Gasteiger partial charge in [0.1, 0.15) is 17.3 Å². The number of benzene rings is 11. The van der Waals surface area contributed by atoms with Crippen molar-refractivity contribution in [2.75, 3.05) is 0 Å². The van der Waals surface area contributed by atoms with Gasteiger partial charge >= 0.3 is 0 Å². The molecule has 0 aliphatic rings. The molecule has 14 aromatic rings. The van der Waals surface area contributed by atoms with Gasteiger partial charge in [-0.3, -0.25) is 13.7 Å². The number of pyridine rings is 1. The van der Waals surface area contributed by atoms with Crippen molar-refractivity contribution in [2.24, 2.45) is 0 Å². The molecule has 0 aliphatic carbocycles. The molecule has 0 saturated carbocycles. The van der Waals surface area contributed by atoms with Gasteiger partial charge in [0.2, 0.25) is 0 Å². The molecule has 0 bridgehead atoms. The van der Waals surface area contributed by atoms with E-state index >= 15 is 0 Å². The average Bonchev–Trinajstić information content (AvgIpc) is 1.08. The van der Waals surface area contributed by atoms with E-state index in [4.69, 9.17) is 9.72 Å². The minimum atomic E-state index is -3.05. The molecule has 0 aliphatic heterocycles. The number of rotatable bonds is 12. The van der Waals surface area contributed by atoms with E-state index in [1.165, 1.54) is 37.4 Å². The molecule has 0 radical (unpaired) electrons. The summed E-state index contributed by atoms with van der Waals surface area (Å²) in [7, 11) is -3.05. The van der Waals surface area contributed by atoms with Gasteiger partial charge < -0.3 is 4.74 Å². The smallest absolute Gasteiger partial charge is 0.269 e. The van der Waals surface area contributed by atoms with Gasteiger partial charge in [-0.2, -0.15) is 0 Å². The van der Waals surface area contributed by atoms with Gasteiger partial charge in [-0.05, 0) is 148 Å². The van der Waals surface area contributed by atoms with E-state index in [9.17, 15) is 0 Å². The molecule has 0 saturated heterocycles. The maximum absolute atomic E-state index is 6.88. The molecule has 6 heteroatoms. The lowest BCUT2D eigenvalue weighted by molar-refractivity contribution is -0.572. The first-order valence-corrected chi connectivity index (χ1v) is 33.4. The summed E-state index contributed by atoms with van der Waals surface area (Å²) in [6.07, 6.45) is 5.82. The Kier molecular flexibility index (Phi) is 14.6. The molecule has 14 rings (SSSR count). The van der Waals surface area contributed by atoms with Crippen molar-refractivity contribution in [3.63, 3.8) is 0 Å². The molecule has 5 nitrogen and oxygen atoms in total. The third kappa shape index (κ3) is 10.7. The lowest BCUT2D eigenvalue weighted by Gasteiger charge is -2.37. The fourth-order valence-corrected chi connectivity index (χ4v) is 18.0. The van der Waals surface area contributed by atoms with Gasteiger partial charge in [0.05, 0.1) is 33.4 Å². The van der Waals surface area contributed by atoms with Crippen molar-refractivity contribution < 1.29 is 9.30 Å². The van der Waals surface area contributed by atoms with Gasteiger partial charge in [-0.1, -0.05) is 269 Å². The number of aromatic nitrogens is 4. The summed E-state index contributed by atoms with van der Waals surface area (Å²) >= 11 is 0. The molecule has 0 unspecified atom stereocenters. The standard InChI is InChI=1S/C84H74N4OSi/c1-82(2,3)64-30-21-36-72(51-64)90(73-37-22-31-65(52-73)83(4,5)6,74-38-23-32-66(53-74)84(7,8)9)71-35-20-29-60(50-71)61-43-46-81(85-56-61)88-77-40-17-16-39-75(77)76-45-44-70(55-80(76)88)89-69-34-24-33-67(54-69)86-57-87(79-42-19-18-41-78(79)86)68-48-62(58-25-12-10-13-26-58)47-63(49-68)59-27-14-11-15-28-59/h10-56H,1-9H3. The van der Waals surface area contributed by atoms with E-state index in [0.29, 0.717) is 5.75 Å². The van der Waals surface area contributed by atoms with Gasteiger partial charge in [0.15, 0.2) is 8.07 Å². The van der Waals surface area contributed by atoms with E-state index in [-0.39, 0.29) is 16.2 Å². The first-order chi connectivity index (χ1) is 43.5. The Morgan fingerprint density at radius 2 is 0.867 bits per heavy atom. The van der Waals surface area contributed by atoms with Crippen molar-refractivity contribution in [1.29, 1.82) is 0 Å². The minimum Gasteiger partial charge on any atom is -0.458 e. The number of nitrogens with zero attached hydrogens (tertiary/aromatic N) is 4. The highest BCUT2D eigenvalue weighted by molar-refractivity contribution is 7.20. The molecule has 0 N–H and O–H groups in total. The van der Waals surface area contributed by atoms with Crippen LogP contribution in [-0.4, -0.2) is 22.2 Å². The summed E-state index contributed by atoms with van der Waals surface area (Å²) in [4.78, 5) is 5.35. The zero-order chi connectivity index (χ0) is 61.9. The van der Waals surface area contributed by atoms with E-state index < -0.39 is 8.07 Å². The van der Waals surface area contributed by atoms with Crippen LogP contribution in [0.25, 0.3) is 83.4 Å². The topological polar surface area (TPSA) is 35.9 Å². The second-order valence-electron chi connectivity index (χ2n) is 27.1. The van der Waals surface area contributed by atoms with Crippen LogP contribution >= 0.6 is 0 Å². The van der Waals surface area contributed by atoms with Crippen LogP contribution in [0, 0.1) is 6.33 Å². The van der Waals surface area contributed by atoms with Gasteiger partial charge in [0, 0.05) is 28.6 Å². The van der Waals surface area contributed by atoms with Crippen molar-refractivity contribution in [2.45, 2.75) is 78.6 Å². The van der Waals surface area contributed by atoms with Gasteiger partial charge in [0.25, 0.3) is 6.33 Å². The van der Waals surface area contributed by atoms with Crippen molar-refractivity contribution in [3.05, 3.63) is 308 Å². The molecule has 3 heterocycles. The van der Waals surface area contributed by atoms with Crippen molar-refractivity contribution in [1.82, 2.24) is 14.1 Å². The van der Waals surface area contributed by atoms with Crippen LogP contribution in [0.5, 0.6) is 11.5 Å². The summed E-state index contributed by atoms with van der Waals surface area (Å²) in [6.45, 7) is 20.9. The van der Waals surface area contributed by atoms with E-state index in [0.717, 1.165) is 89.2 Å². The molecule has 0 fully saturated rings. The Balaban J connectivity index is 0.835. The molecule has 440 valence electrons. The summed E-state index contributed by atoms with van der Waals surface area (Å²) < 4.78 is 13.5. The largest absolute Gasteiger partial charge is 0.458 e. The first-order valence-electron chi connectivity index (χ1n) is 31.4. The van der Waals surface area contributed by atoms with Crippen LogP contribution in [0.15, 0.2) is 285 Å². The molecular formula is C84H74N4OSi. The second-order valence-corrected chi connectivity index (χ2v) is 30.9. The third-order valence-corrected chi connectivity index (χ3v) is 22.7. The maximum atomic E-state index is 6.88. The average molecular weight is 1180 g/mol. The van der Waals surface area contributed by atoms with Crippen molar-refractivity contribution in [3.8, 4) is 62.1 Å². The normalized spacial score (nSPS) is 12.3. The molecular weight excluding hydrogens is 1110 g/mol. The zero-order valence-electron chi connectivity index (χ0n) is 52.8. The Hall–Kier alpha value is -10.1. The minimum absolute atomic E-state index is 0.0424. The van der Waals surface area contributed by atoms with Gasteiger partial charge in [-0.15, -0.1) is 0 Å². The Bertz CT molecular complexity index is 4780. The van der Waals surface area contributed by atoms with E-state index in [1.54, 1.807) is 0 Å². The van der Waals surface area contributed by atoms with Crippen LogP contribution in [0.3, 0.4) is 0 Å². The number of fused-ring (bicyclic) bond motifs is 4. The Morgan fingerprint density at radius 3 is 1.44 bits per heavy atom. The van der Waals surface area contributed by atoms with E-state index in [2.05, 4.69) is 362 Å². The molecule has 0 atom stereocenters. The Morgan fingerprint density at radius 1 is 0.367 bits per heavy atom. The number of ether oxygens (including phenoxy) is 1. The molecule has 0 spiro atoms. The highest BCUT2D eigenvalue weighted by atomic mass is 28.3. The zero-order valence-corrected chi connectivity index (χ0v) is 53.8. The predicted octanol–water partition coefficient (Wildman–Crippen LogP) is 18.3. The monoisotopic (exact) mass is 1180 g/mol. The highest BCUT2D eigenvalue weighted by Gasteiger charge is 2.43. The van der Waals surface area contributed by atoms with E-state index in [1.807, 2.05) is 6.07 Å². The fourth-order valence-electron chi connectivity index (χ4n) is 13.1. The lowest BCUT2D eigenvalue weighted by atomic mass is 9.87. The van der Waals surface area contributed by atoms with Crippen LogP contribution in [0.1, 0.15) is 79.0 Å². The quantitative estimate of drug-likeness (QED) is 0.0529. The lowest BCUT2D eigenvalue weighted by Crippen LogP contribution is -2.75. The van der Waals surface area contributed by atoms with Crippen LogP contribution in [0.2, 0.25) is 0 Å². The molecule has 11 aromatic carbocycles. The highest BCUT2D eigenvalue weighted by Crippen LogP contribution is 2.37. The first kappa shape index (κ1) is 57.6. The second kappa shape index (κ2) is 22.8. The van der Waals surface area contributed by atoms with Crippen molar-refractivity contribution >= 4 is 61.7 Å². The van der Waals surface area contributed by atoms with Crippen LogP contribution in [-0.2, 0) is 16.2 Å². The summed E-state index contributed by atoms with van der Waals surface area (Å²) in [5.74, 6) is 2.27. The number of imidazole rings is 1. The number of hydrogen-bond acceptors (Lipinski definition) is 2. The fraction of sp³-hybridized carbons (Fsp3) is 0.143. The van der Waals surface area contributed by atoms with Crippen LogP contribution < -0.4 is 30.1 Å². The summed E-state index contributed by atoms with van der Waals surface area (Å²) in [5, 5.41) is 7.73. The predicted molar refractivity (Wildman–Crippen MR) is 378 cm³/mol. The van der Waals surface area contributed by atoms with Gasteiger partial charge in [-0.25, -0.2) is 4.98 Å². The summed E-state index contributed by atoms with van der Waals surface area (Å²) in [6, 6.07) is 102. The molecule has 3 aromatic heterocycles. The molecule has 90 heavy (non-hydrogen) atoms. The SMILES string of the molecule is CC(C)(C)c1cccc([Si](c2cccc(-c3ccc(-n4c5ccccc5c5ccc(Oc6cccc(-n7[c-][n+](-c8cc(-c9ccccc9)cc(-c9ccccc9)c8)c8ccccc87)c6)cc54)nc3)c2)(c2cccc(C(C)(C)C)c2)c2cccc(C(C)(C)C)c2)c1. The Labute approximate surface area is 530 Å². The molecule has 0 amide bonds. The number of hydrogen-bond donors (Lipinski definition) is 0. The maximum Gasteiger partial charge on any atom is 0.269 e. The third-order valence-electron chi connectivity index (χ3n) is 18.0. The van der Waals surface area contributed by atoms with Crippen LogP contribution in [0.4, 0.5) is 0 Å². The summed E-state index contributed by atoms with van der Waals surface area (Å²) in [5.41, 5.74) is 16.7. The number of para-hydroxylation sites is 3.